The first-order valence-electron chi connectivity index (χ1n) is 9.80. The number of benzene rings is 2. The van der Waals surface area contributed by atoms with Crippen molar-refractivity contribution in [3.8, 4) is 17.0 Å². The van der Waals surface area contributed by atoms with Crippen LogP contribution in [0.4, 0.5) is 4.39 Å². The lowest BCUT2D eigenvalue weighted by atomic mass is 10.0. The zero-order valence-electron chi connectivity index (χ0n) is 16.5. The Balaban J connectivity index is 1.57. The second-order valence-electron chi connectivity index (χ2n) is 7.73. The van der Waals surface area contributed by atoms with E-state index in [4.69, 9.17) is 0 Å². The number of phenols is 1. The predicted molar refractivity (Wildman–Crippen MR) is 111 cm³/mol. The van der Waals surface area contributed by atoms with Crippen molar-refractivity contribution < 1.29 is 9.50 Å². The summed E-state index contributed by atoms with van der Waals surface area (Å²) in [6, 6.07) is 12.2. The van der Waals surface area contributed by atoms with Crippen LogP contribution < -0.4 is 0 Å². The third-order valence-corrected chi connectivity index (χ3v) is 5.63. The number of piperazine rings is 1. The molecule has 4 nitrogen and oxygen atoms in total. The Kier molecular flexibility index (Phi) is 5.29. The maximum Gasteiger partial charge on any atom is 0.125 e. The molecule has 1 saturated heterocycles. The second-order valence-corrected chi connectivity index (χ2v) is 7.73. The minimum atomic E-state index is -0.383. The highest BCUT2D eigenvalue weighted by atomic mass is 19.1. The highest BCUT2D eigenvalue weighted by Crippen LogP contribution is 2.31. The summed E-state index contributed by atoms with van der Waals surface area (Å²) in [6.45, 7) is 7.64. The van der Waals surface area contributed by atoms with Gasteiger partial charge in [-0.25, -0.2) is 9.37 Å². The van der Waals surface area contributed by atoms with Gasteiger partial charge in [0.05, 0.1) is 11.2 Å². The van der Waals surface area contributed by atoms with Crippen LogP contribution in [-0.4, -0.2) is 59.7 Å². The lowest BCUT2D eigenvalue weighted by molar-refractivity contribution is 0.155. The molecule has 1 aliphatic heterocycles. The van der Waals surface area contributed by atoms with Gasteiger partial charge in [0.1, 0.15) is 11.6 Å². The van der Waals surface area contributed by atoms with Gasteiger partial charge in [0.15, 0.2) is 0 Å². The Hall–Kier alpha value is -2.50. The van der Waals surface area contributed by atoms with E-state index in [2.05, 4.69) is 34.0 Å². The smallest absolute Gasteiger partial charge is 0.125 e. The Morgan fingerprint density at radius 2 is 1.82 bits per heavy atom. The first-order chi connectivity index (χ1) is 13.5. The second kappa shape index (κ2) is 7.86. The van der Waals surface area contributed by atoms with Gasteiger partial charge in [-0.15, -0.1) is 0 Å². The minimum Gasteiger partial charge on any atom is -0.507 e. The van der Waals surface area contributed by atoms with Crippen molar-refractivity contribution in [1.82, 2.24) is 14.8 Å². The summed E-state index contributed by atoms with van der Waals surface area (Å²) >= 11 is 0. The molecule has 0 bridgehead atoms. The number of likely N-dealkylation sites (N-methyl/N-ethyl adjacent to an activating group) is 1. The Morgan fingerprint density at radius 3 is 2.61 bits per heavy atom. The van der Waals surface area contributed by atoms with Crippen LogP contribution in [0.1, 0.15) is 11.1 Å². The molecule has 0 saturated carbocycles. The molecule has 4 rings (SSSR count). The van der Waals surface area contributed by atoms with Crippen LogP contribution in [0.15, 0.2) is 42.5 Å². The fraction of sp³-hybridized carbons (Fsp3) is 0.348. The molecule has 2 heterocycles. The fourth-order valence-corrected chi connectivity index (χ4v) is 3.81. The molecule has 5 heteroatoms. The molecule has 0 atom stereocenters. The molecule has 1 fully saturated rings. The lowest BCUT2D eigenvalue weighted by Crippen LogP contribution is -2.45. The summed E-state index contributed by atoms with van der Waals surface area (Å²) in [6.07, 6.45) is 1.02. The highest BCUT2D eigenvalue weighted by Gasteiger charge is 2.14. The molecule has 3 aromatic rings. The molecular formula is C23H26FN3O. The molecule has 2 aromatic carbocycles. The number of aryl methyl sites for hydroxylation is 1. The largest absolute Gasteiger partial charge is 0.507 e. The monoisotopic (exact) mass is 379 g/mol. The van der Waals surface area contributed by atoms with Crippen molar-refractivity contribution >= 4 is 10.9 Å². The van der Waals surface area contributed by atoms with Gasteiger partial charge in [0.2, 0.25) is 0 Å². The number of halogens is 1. The van der Waals surface area contributed by atoms with Crippen LogP contribution in [0.5, 0.6) is 5.75 Å². The number of hydrogen-bond acceptors (Lipinski definition) is 4. The number of pyridine rings is 1. The summed E-state index contributed by atoms with van der Waals surface area (Å²) in [7, 11) is 2.17. The summed E-state index contributed by atoms with van der Waals surface area (Å²) in [5, 5.41) is 11.2. The molecule has 1 aliphatic rings. The maximum atomic E-state index is 13.6. The lowest BCUT2D eigenvalue weighted by Gasteiger charge is -2.32. The third-order valence-electron chi connectivity index (χ3n) is 5.63. The van der Waals surface area contributed by atoms with Gasteiger partial charge in [0, 0.05) is 43.7 Å². The average Bonchev–Trinajstić information content (AvgIpc) is 2.69. The van der Waals surface area contributed by atoms with Crippen molar-refractivity contribution in [1.29, 1.82) is 0 Å². The van der Waals surface area contributed by atoms with E-state index in [9.17, 15) is 9.50 Å². The number of aromatic nitrogens is 1. The van der Waals surface area contributed by atoms with Crippen LogP contribution in [0.2, 0.25) is 0 Å². The van der Waals surface area contributed by atoms with Crippen molar-refractivity contribution in [2.45, 2.75) is 13.3 Å². The van der Waals surface area contributed by atoms with E-state index in [0.717, 1.165) is 55.6 Å². The molecule has 0 radical (unpaired) electrons. The van der Waals surface area contributed by atoms with Gasteiger partial charge in [0.25, 0.3) is 0 Å². The van der Waals surface area contributed by atoms with E-state index >= 15 is 0 Å². The average molecular weight is 379 g/mol. The summed E-state index contributed by atoms with van der Waals surface area (Å²) in [5.41, 5.74) is 4.25. The molecule has 28 heavy (non-hydrogen) atoms. The van der Waals surface area contributed by atoms with Gasteiger partial charge < -0.3 is 14.9 Å². The summed E-state index contributed by atoms with van der Waals surface area (Å²) in [5.74, 6) is -0.344. The predicted octanol–water partition coefficient (Wildman–Crippen LogP) is 3.84. The third kappa shape index (κ3) is 4.01. The van der Waals surface area contributed by atoms with Gasteiger partial charge in [-0.05, 0) is 67.9 Å². The van der Waals surface area contributed by atoms with Crippen molar-refractivity contribution in [3.63, 3.8) is 0 Å². The number of hydrogen-bond donors (Lipinski definition) is 1. The van der Waals surface area contributed by atoms with Crippen molar-refractivity contribution in [3.05, 3.63) is 59.4 Å². The number of aromatic hydroxyl groups is 1. The number of rotatable bonds is 4. The van der Waals surface area contributed by atoms with E-state index in [1.54, 1.807) is 0 Å². The van der Waals surface area contributed by atoms with Gasteiger partial charge >= 0.3 is 0 Å². The normalized spacial score (nSPS) is 16.0. The number of nitrogens with zero attached hydrogens (tertiary/aromatic N) is 3. The maximum absolute atomic E-state index is 13.6. The van der Waals surface area contributed by atoms with E-state index < -0.39 is 0 Å². The first-order valence-corrected chi connectivity index (χ1v) is 9.80. The zero-order chi connectivity index (χ0) is 19.7. The van der Waals surface area contributed by atoms with Crippen LogP contribution >= 0.6 is 0 Å². The van der Waals surface area contributed by atoms with E-state index in [1.807, 2.05) is 19.1 Å². The van der Waals surface area contributed by atoms with Crippen LogP contribution in [-0.2, 0) is 6.42 Å². The number of fused-ring (bicyclic) bond motifs is 1. The molecule has 1 N–H and O–H groups in total. The molecule has 1 aromatic heterocycles. The van der Waals surface area contributed by atoms with Gasteiger partial charge in [-0.2, -0.15) is 0 Å². The van der Waals surface area contributed by atoms with Crippen LogP contribution in [0, 0.1) is 12.7 Å². The number of phenolic OH excluding ortho intramolecular Hbond substituents is 1. The zero-order valence-corrected chi connectivity index (χ0v) is 16.5. The standard InChI is InChI=1S/C23H26FN3O/c1-16-13-22(20-15-18(24)4-6-23(20)28)25-21-5-3-17(14-19(16)21)7-8-27-11-9-26(2)10-12-27/h3-6,13-15,28H,7-12H2,1-2H3. The van der Waals surface area contributed by atoms with Crippen LogP contribution in [0.3, 0.4) is 0 Å². The molecule has 0 unspecified atom stereocenters. The first kappa shape index (κ1) is 18.8. The molecule has 146 valence electrons. The van der Waals surface area contributed by atoms with Crippen molar-refractivity contribution in [2.75, 3.05) is 39.8 Å². The van der Waals surface area contributed by atoms with E-state index in [-0.39, 0.29) is 11.6 Å². The Bertz CT molecular complexity index is 997. The van der Waals surface area contributed by atoms with E-state index in [0.29, 0.717) is 11.3 Å². The molecule has 0 spiro atoms. The molecular weight excluding hydrogens is 353 g/mol. The highest BCUT2D eigenvalue weighted by molar-refractivity contribution is 5.86. The van der Waals surface area contributed by atoms with Crippen molar-refractivity contribution in [2.24, 2.45) is 0 Å². The quantitative estimate of drug-likeness (QED) is 0.748. The topological polar surface area (TPSA) is 39.6 Å². The fourth-order valence-electron chi connectivity index (χ4n) is 3.81. The minimum absolute atomic E-state index is 0.0384. The van der Waals surface area contributed by atoms with Gasteiger partial charge in [-0.3, -0.25) is 0 Å². The Labute approximate surface area is 165 Å². The Morgan fingerprint density at radius 1 is 1.04 bits per heavy atom. The van der Waals surface area contributed by atoms with Crippen LogP contribution in [0.25, 0.3) is 22.2 Å². The summed E-state index contributed by atoms with van der Waals surface area (Å²) in [4.78, 5) is 9.55. The van der Waals surface area contributed by atoms with Gasteiger partial charge in [-0.1, -0.05) is 6.07 Å². The SMILES string of the molecule is Cc1cc(-c2cc(F)ccc2O)nc2ccc(CCN3CCN(C)CC3)cc12. The molecule has 0 amide bonds. The summed E-state index contributed by atoms with van der Waals surface area (Å²) < 4.78 is 13.6. The molecule has 0 aliphatic carbocycles. The van der Waals surface area contributed by atoms with E-state index in [1.165, 1.54) is 23.8 Å².